The molecule has 46 heavy (non-hydrogen) atoms. The number of amides is 2. The summed E-state index contributed by atoms with van der Waals surface area (Å²) >= 11 is 0. The number of carbonyl (C=O) groups excluding carboxylic acids is 2. The minimum Gasteiger partial charge on any atom is -0.497 e. The average Bonchev–Trinajstić information content (AvgIpc) is 3.11. The zero-order chi connectivity index (χ0) is 32.4. The summed E-state index contributed by atoms with van der Waals surface area (Å²) < 4.78 is 43.8. The molecule has 0 bridgehead atoms. The molecule has 1 aliphatic heterocycles. The molecule has 12 heteroatoms. The molecule has 0 saturated carbocycles. The van der Waals surface area contributed by atoms with Crippen LogP contribution in [0.4, 0.5) is 0 Å². The SMILES string of the molecule is COc1ccc(CN(C(=O)COc2ccc(S(=O)(=O)N3CCOCC3)cc2)[C@@H](C(=O)NCc2ccncc2)c2ccccc2)cc1. The standard InChI is InChI=1S/C34H36N4O7S/c1-43-29-9-7-27(8-10-29)24-38(33(28-5-3-2-4-6-28)34(40)36-23-26-15-17-35-18-16-26)32(39)25-45-30-11-13-31(14-12-30)46(41,42)37-19-21-44-22-20-37/h2-18,33H,19-25H2,1H3,(H,36,40)/t33-/m1/s1. The van der Waals surface area contributed by atoms with Crippen LogP contribution in [0.25, 0.3) is 0 Å². The summed E-state index contributed by atoms with van der Waals surface area (Å²) in [6.45, 7) is 1.27. The first-order valence-corrected chi connectivity index (χ1v) is 16.2. The molecule has 2 heterocycles. The first kappa shape index (κ1) is 32.6. The number of aromatic nitrogens is 1. The van der Waals surface area contributed by atoms with Crippen LogP contribution in [0.3, 0.4) is 0 Å². The van der Waals surface area contributed by atoms with Gasteiger partial charge < -0.3 is 24.4 Å². The first-order valence-electron chi connectivity index (χ1n) is 14.8. The molecule has 1 N–H and O–H groups in total. The van der Waals surface area contributed by atoms with Crippen LogP contribution in [0.5, 0.6) is 11.5 Å². The van der Waals surface area contributed by atoms with E-state index in [1.807, 2.05) is 42.5 Å². The topological polar surface area (TPSA) is 127 Å². The third-order valence-corrected chi connectivity index (χ3v) is 9.43. The van der Waals surface area contributed by atoms with Gasteiger partial charge in [0.05, 0.1) is 25.2 Å². The summed E-state index contributed by atoms with van der Waals surface area (Å²) in [6, 6.07) is 25.0. The van der Waals surface area contributed by atoms with E-state index in [1.54, 1.807) is 43.8 Å². The quantitative estimate of drug-likeness (QED) is 0.234. The predicted octanol–water partition coefficient (Wildman–Crippen LogP) is 3.58. The second kappa shape index (κ2) is 15.5. The van der Waals surface area contributed by atoms with Crippen molar-refractivity contribution in [3.05, 3.63) is 120 Å². The van der Waals surface area contributed by atoms with Crippen molar-refractivity contribution in [2.45, 2.75) is 24.0 Å². The Morgan fingerprint density at radius 1 is 0.891 bits per heavy atom. The van der Waals surface area contributed by atoms with Crippen LogP contribution in [-0.2, 0) is 37.4 Å². The summed E-state index contributed by atoms with van der Waals surface area (Å²) in [6.07, 6.45) is 3.30. The Morgan fingerprint density at radius 3 is 2.20 bits per heavy atom. The number of rotatable bonds is 13. The molecule has 0 aliphatic carbocycles. The molecule has 1 saturated heterocycles. The highest BCUT2D eigenvalue weighted by molar-refractivity contribution is 7.89. The summed E-state index contributed by atoms with van der Waals surface area (Å²) in [5.41, 5.74) is 2.29. The number of hydrogen-bond acceptors (Lipinski definition) is 8. The van der Waals surface area contributed by atoms with Crippen molar-refractivity contribution in [1.29, 1.82) is 0 Å². The van der Waals surface area contributed by atoms with Gasteiger partial charge in [-0.1, -0.05) is 42.5 Å². The zero-order valence-electron chi connectivity index (χ0n) is 25.4. The van der Waals surface area contributed by atoms with Gasteiger partial charge in [0.25, 0.3) is 5.91 Å². The fourth-order valence-corrected chi connectivity index (χ4v) is 6.43. The van der Waals surface area contributed by atoms with Crippen LogP contribution in [0, 0.1) is 0 Å². The van der Waals surface area contributed by atoms with E-state index >= 15 is 0 Å². The van der Waals surface area contributed by atoms with Crippen molar-refractivity contribution in [2.75, 3.05) is 40.0 Å². The van der Waals surface area contributed by atoms with E-state index in [2.05, 4.69) is 10.3 Å². The Morgan fingerprint density at radius 2 is 1.54 bits per heavy atom. The maximum absolute atomic E-state index is 13.9. The van der Waals surface area contributed by atoms with E-state index in [4.69, 9.17) is 14.2 Å². The number of pyridine rings is 1. The molecule has 1 aliphatic rings. The summed E-state index contributed by atoms with van der Waals surface area (Å²) in [7, 11) is -2.10. The minimum atomic E-state index is -3.67. The van der Waals surface area contributed by atoms with E-state index in [0.717, 1.165) is 11.1 Å². The zero-order valence-corrected chi connectivity index (χ0v) is 26.3. The van der Waals surface area contributed by atoms with Crippen LogP contribution in [0.1, 0.15) is 22.7 Å². The van der Waals surface area contributed by atoms with Gasteiger partial charge in [-0.3, -0.25) is 14.6 Å². The van der Waals surface area contributed by atoms with Crippen molar-refractivity contribution in [3.63, 3.8) is 0 Å². The lowest BCUT2D eigenvalue weighted by Gasteiger charge is -2.31. The number of nitrogens with one attached hydrogen (secondary N) is 1. The molecule has 2 amide bonds. The molecule has 11 nitrogen and oxygen atoms in total. The highest BCUT2D eigenvalue weighted by Crippen LogP contribution is 2.26. The molecule has 240 valence electrons. The molecule has 4 aromatic rings. The number of carbonyl (C=O) groups is 2. The molecule has 0 unspecified atom stereocenters. The lowest BCUT2D eigenvalue weighted by Crippen LogP contribution is -2.45. The van der Waals surface area contributed by atoms with Crippen molar-refractivity contribution >= 4 is 21.8 Å². The Hall–Kier alpha value is -4.78. The molecule has 1 atom stereocenters. The molecular formula is C34H36N4O7S. The van der Waals surface area contributed by atoms with E-state index in [1.165, 1.54) is 33.5 Å². The van der Waals surface area contributed by atoms with Crippen LogP contribution >= 0.6 is 0 Å². The molecule has 1 aromatic heterocycles. The first-order chi connectivity index (χ1) is 22.3. The van der Waals surface area contributed by atoms with Gasteiger partial charge in [-0.25, -0.2) is 8.42 Å². The Kier molecular flexibility index (Phi) is 11.0. The van der Waals surface area contributed by atoms with Gasteiger partial charge in [0.1, 0.15) is 17.5 Å². The summed E-state index contributed by atoms with van der Waals surface area (Å²) in [4.78, 5) is 33.4. The second-order valence-corrected chi connectivity index (χ2v) is 12.5. The number of nitrogens with zero attached hydrogens (tertiary/aromatic N) is 3. The highest BCUT2D eigenvalue weighted by Gasteiger charge is 2.32. The fourth-order valence-electron chi connectivity index (χ4n) is 5.02. The molecule has 1 fully saturated rings. The van der Waals surface area contributed by atoms with Gasteiger partial charge in [-0.15, -0.1) is 0 Å². The van der Waals surface area contributed by atoms with E-state index in [9.17, 15) is 18.0 Å². The number of benzene rings is 3. The summed E-state index contributed by atoms with van der Waals surface area (Å²) in [5.74, 6) is 0.187. The smallest absolute Gasteiger partial charge is 0.261 e. The maximum Gasteiger partial charge on any atom is 0.261 e. The van der Waals surface area contributed by atoms with E-state index in [-0.39, 0.29) is 43.6 Å². The monoisotopic (exact) mass is 644 g/mol. The number of sulfonamides is 1. The van der Waals surface area contributed by atoms with Gasteiger partial charge in [0.2, 0.25) is 15.9 Å². The van der Waals surface area contributed by atoms with Gasteiger partial charge in [-0.05, 0) is 65.2 Å². The maximum atomic E-state index is 13.9. The van der Waals surface area contributed by atoms with Crippen LogP contribution < -0.4 is 14.8 Å². The average molecular weight is 645 g/mol. The van der Waals surface area contributed by atoms with Crippen molar-refractivity contribution in [1.82, 2.24) is 19.5 Å². The summed E-state index contributed by atoms with van der Waals surface area (Å²) in [5, 5.41) is 2.97. The second-order valence-electron chi connectivity index (χ2n) is 10.5. The molecule has 0 radical (unpaired) electrons. The molecule has 0 spiro atoms. The normalized spacial score (nSPS) is 14.2. The van der Waals surface area contributed by atoms with Gasteiger partial charge >= 0.3 is 0 Å². The van der Waals surface area contributed by atoms with Gasteiger partial charge in [0.15, 0.2) is 6.61 Å². The lowest BCUT2D eigenvalue weighted by molar-refractivity contribution is -0.143. The third kappa shape index (κ3) is 8.27. The van der Waals surface area contributed by atoms with Crippen molar-refractivity contribution in [3.8, 4) is 11.5 Å². The Balaban J connectivity index is 1.37. The highest BCUT2D eigenvalue weighted by atomic mass is 32.2. The number of morpholine rings is 1. The minimum absolute atomic E-state index is 0.116. The molecular weight excluding hydrogens is 608 g/mol. The Bertz CT molecular complexity index is 1680. The third-order valence-electron chi connectivity index (χ3n) is 7.52. The molecule has 3 aromatic carbocycles. The number of hydrogen-bond donors (Lipinski definition) is 1. The number of methoxy groups -OCH3 is 1. The van der Waals surface area contributed by atoms with Crippen LogP contribution in [0.15, 0.2) is 108 Å². The van der Waals surface area contributed by atoms with Crippen LogP contribution in [0.2, 0.25) is 0 Å². The van der Waals surface area contributed by atoms with Gasteiger partial charge in [0, 0.05) is 38.6 Å². The molecule has 5 rings (SSSR count). The Labute approximate surface area is 268 Å². The van der Waals surface area contributed by atoms with E-state index in [0.29, 0.717) is 30.3 Å². The predicted molar refractivity (Wildman–Crippen MR) is 170 cm³/mol. The largest absolute Gasteiger partial charge is 0.497 e. The van der Waals surface area contributed by atoms with Crippen molar-refractivity contribution < 1.29 is 32.2 Å². The lowest BCUT2D eigenvalue weighted by atomic mass is 10.0. The fraction of sp³-hybridized carbons (Fsp3) is 0.265. The van der Waals surface area contributed by atoms with E-state index < -0.39 is 22.0 Å². The van der Waals surface area contributed by atoms with Gasteiger partial charge in [-0.2, -0.15) is 4.31 Å². The van der Waals surface area contributed by atoms with Crippen molar-refractivity contribution in [2.24, 2.45) is 0 Å². The number of ether oxygens (including phenoxy) is 3. The van der Waals surface area contributed by atoms with Crippen LogP contribution in [-0.4, -0.2) is 74.4 Å².